The summed E-state index contributed by atoms with van der Waals surface area (Å²) in [5, 5.41) is 4.62. The van der Waals surface area contributed by atoms with Gasteiger partial charge in [-0.1, -0.05) is 15.9 Å². The molecule has 1 heterocycles. The number of hydrogen-bond acceptors (Lipinski definition) is 5. The van der Waals surface area contributed by atoms with Crippen molar-refractivity contribution in [2.24, 2.45) is 5.41 Å². The topological polar surface area (TPSA) is 61.9 Å². The minimum atomic E-state index is -0.510. The highest BCUT2D eigenvalue weighted by atomic mass is 79.9. The van der Waals surface area contributed by atoms with E-state index < -0.39 is 5.41 Å². The lowest BCUT2D eigenvalue weighted by Gasteiger charge is -2.35. The summed E-state index contributed by atoms with van der Waals surface area (Å²) in [5.74, 6) is -0.357. The first-order chi connectivity index (χ1) is 13.7. The van der Waals surface area contributed by atoms with Crippen molar-refractivity contribution < 1.29 is 14.4 Å². The van der Waals surface area contributed by atoms with Crippen molar-refractivity contribution in [3.63, 3.8) is 0 Å². The van der Waals surface area contributed by atoms with Crippen LogP contribution in [0.15, 0.2) is 53.0 Å². The van der Waals surface area contributed by atoms with E-state index in [2.05, 4.69) is 26.1 Å². The molecule has 7 heteroatoms. The molecule has 154 valence electrons. The number of halogens is 1. The zero-order chi connectivity index (χ0) is 21.0. The largest absolute Gasteiger partial charge is 0.369 e. The fourth-order valence-electron chi connectivity index (χ4n) is 2.85. The maximum Gasteiger partial charge on any atom is 0.330 e. The van der Waals surface area contributed by atoms with Gasteiger partial charge in [0, 0.05) is 34.5 Å². The van der Waals surface area contributed by atoms with Crippen LogP contribution in [0.2, 0.25) is 0 Å². The van der Waals surface area contributed by atoms with Crippen LogP contribution >= 0.6 is 15.9 Å². The molecule has 6 nitrogen and oxygen atoms in total. The van der Waals surface area contributed by atoms with E-state index in [4.69, 9.17) is 4.84 Å². The zero-order valence-corrected chi connectivity index (χ0v) is 18.5. The summed E-state index contributed by atoms with van der Waals surface area (Å²) in [7, 11) is 0. The maximum atomic E-state index is 12.4. The summed E-state index contributed by atoms with van der Waals surface area (Å²) in [4.78, 5) is 32.1. The molecule has 1 N–H and O–H groups in total. The lowest BCUT2D eigenvalue weighted by Crippen LogP contribution is -2.48. The van der Waals surface area contributed by atoms with Crippen LogP contribution in [0.5, 0.6) is 0 Å². The highest BCUT2D eigenvalue weighted by molar-refractivity contribution is 9.10. The van der Waals surface area contributed by atoms with E-state index in [1.807, 2.05) is 69.3 Å². The van der Waals surface area contributed by atoms with Crippen LogP contribution in [0.4, 0.5) is 11.4 Å². The Bertz CT molecular complexity index is 852. The summed E-state index contributed by atoms with van der Waals surface area (Å²) in [5.41, 5.74) is 1.90. The lowest BCUT2D eigenvalue weighted by atomic mass is 9.98. The Balaban J connectivity index is 1.53. The summed E-state index contributed by atoms with van der Waals surface area (Å²) in [6.45, 7) is 8.34. The van der Waals surface area contributed by atoms with Crippen LogP contribution < -0.4 is 10.2 Å². The van der Waals surface area contributed by atoms with Crippen LogP contribution in [0.3, 0.4) is 0 Å². The van der Waals surface area contributed by atoms with Gasteiger partial charge in [-0.3, -0.25) is 4.79 Å². The van der Waals surface area contributed by atoms with Gasteiger partial charge in [-0.15, -0.1) is 5.06 Å². The van der Waals surface area contributed by atoms with Crippen LogP contribution in [0.25, 0.3) is 0 Å². The minimum absolute atomic E-state index is 0.141. The van der Waals surface area contributed by atoms with E-state index in [0.29, 0.717) is 18.7 Å². The van der Waals surface area contributed by atoms with Crippen molar-refractivity contribution >= 4 is 39.2 Å². The molecule has 0 bridgehead atoms. The molecule has 2 aromatic carbocycles. The standard InChI is InChI=1S/C22H26BrN3O3/c1-22(2,3)21(28)29-26-14-12-25(13-15-26)19-10-4-16(5-11-19)20(27)24-18-8-6-17(23)7-9-18/h4-11H,12-15H2,1-3H3,(H,24,27). The number of hydroxylamine groups is 2. The highest BCUT2D eigenvalue weighted by Gasteiger charge is 2.27. The number of piperazine rings is 1. The Morgan fingerprint density at radius 1 is 0.931 bits per heavy atom. The monoisotopic (exact) mass is 459 g/mol. The molecule has 1 amide bonds. The summed E-state index contributed by atoms with van der Waals surface area (Å²) in [6.07, 6.45) is 0. The predicted octanol–water partition coefficient (Wildman–Crippen LogP) is 4.33. The summed E-state index contributed by atoms with van der Waals surface area (Å²) < 4.78 is 0.966. The Labute approximate surface area is 179 Å². The number of benzene rings is 2. The van der Waals surface area contributed by atoms with Gasteiger partial charge < -0.3 is 15.1 Å². The van der Waals surface area contributed by atoms with E-state index in [-0.39, 0.29) is 11.9 Å². The molecule has 0 atom stereocenters. The number of nitrogens with zero attached hydrogens (tertiary/aromatic N) is 2. The van der Waals surface area contributed by atoms with E-state index in [9.17, 15) is 9.59 Å². The molecule has 0 unspecified atom stereocenters. The molecule has 0 saturated carbocycles. The van der Waals surface area contributed by atoms with Gasteiger partial charge >= 0.3 is 5.97 Å². The average molecular weight is 460 g/mol. The molecule has 2 aromatic rings. The highest BCUT2D eigenvalue weighted by Crippen LogP contribution is 2.21. The third-order valence-corrected chi connectivity index (χ3v) is 5.19. The predicted molar refractivity (Wildman–Crippen MR) is 118 cm³/mol. The van der Waals surface area contributed by atoms with Crippen molar-refractivity contribution in [2.75, 3.05) is 36.4 Å². The number of amides is 1. The van der Waals surface area contributed by atoms with Crippen molar-refractivity contribution in [1.82, 2.24) is 5.06 Å². The Hall–Kier alpha value is -2.38. The molecule has 0 spiro atoms. The number of carbonyl (C=O) groups is 2. The first kappa shape index (κ1) is 21.3. The molecule has 29 heavy (non-hydrogen) atoms. The third-order valence-electron chi connectivity index (χ3n) is 4.66. The molecule has 1 saturated heterocycles. The van der Waals surface area contributed by atoms with Crippen LogP contribution in [0, 0.1) is 5.41 Å². The van der Waals surface area contributed by atoms with Gasteiger partial charge in [-0.25, -0.2) is 4.79 Å². The van der Waals surface area contributed by atoms with Crippen molar-refractivity contribution in [3.05, 3.63) is 58.6 Å². The minimum Gasteiger partial charge on any atom is -0.369 e. The van der Waals surface area contributed by atoms with Gasteiger partial charge in [-0.05, 0) is 69.3 Å². The Kier molecular flexibility index (Phi) is 6.59. The lowest BCUT2D eigenvalue weighted by molar-refractivity contribution is -0.201. The number of nitrogens with one attached hydrogen (secondary N) is 1. The Morgan fingerprint density at radius 2 is 1.52 bits per heavy atom. The first-order valence-electron chi connectivity index (χ1n) is 9.62. The van der Waals surface area contributed by atoms with Gasteiger partial charge in [-0.2, -0.15) is 0 Å². The average Bonchev–Trinajstić information content (AvgIpc) is 2.70. The van der Waals surface area contributed by atoms with Gasteiger partial charge in [0.2, 0.25) is 0 Å². The zero-order valence-electron chi connectivity index (χ0n) is 16.9. The normalized spacial score (nSPS) is 15.1. The van der Waals surface area contributed by atoms with E-state index in [1.54, 1.807) is 5.06 Å². The smallest absolute Gasteiger partial charge is 0.330 e. The van der Waals surface area contributed by atoms with Gasteiger partial charge in [0.1, 0.15) is 0 Å². The quantitative estimate of drug-likeness (QED) is 0.736. The second-order valence-electron chi connectivity index (χ2n) is 8.05. The third kappa shape index (κ3) is 5.81. The van der Waals surface area contributed by atoms with Gasteiger partial charge in [0.15, 0.2) is 0 Å². The fourth-order valence-corrected chi connectivity index (χ4v) is 3.12. The van der Waals surface area contributed by atoms with Crippen molar-refractivity contribution in [2.45, 2.75) is 20.8 Å². The maximum absolute atomic E-state index is 12.4. The number of hydrogen-bond donors (Lipinski definition) is 1. The molecular weight excluding hydrogens is 434 g/mol. The molecule has 0 radical (unpaired) electrons. The molecule has 3 rings (SSSR count). The summed E-state index contributed by atoms with van der Waals surface area (Å²) >= 11 is 3.38. The number of rotatable bonds is 4. The van der Waals surface area contributed by atoms with Crippen LogP contribution in [0.1, 0.15) is 31.1 Å². The van der Waals surface area contributed by atoms with E-state index in [1.165, 1.54) is 0 Å². The molecule has 1 fully saturated rings. The Morgan fingerprint density at radius 3 is 2.07 bits per heavy atom. The van der Waals surface area contributed by atoms with Gasteiger partial charge in [0.05, 0.1) is 18.5 Å². The molecule has 0 aromatic heterocycles. The van der Waals surface area contributed by atoms with E-state index >= 15 is 0 Å². The summed E-state index contributed by atoms with van der Waals surface area (Å²) in [6, 6.07) is 15.0. The molecule has 1 aliphatic rings. The molecule has 0 aliphatic carbocycles. The molecule has 1 aliphatic heterocycles. The van der Waals surface area contributed by atoms with Crippen molar-refractivity contribution in [1.29, 1.82) is 0 Å². The fraction of sp³-hybridized carbons (Fsp3) is 0.364. The van der Waals surface area contributed by atoms with E-state index in [0.717, 1.165) is 28.9 Å². The number of carbonyl (C=O) groups excluding carboxylic acids is 2. The first-order valence-corrected chi connectivity index (χ1v) is 10.4. The van der Waals surface area contributed by atoms with Crippen LogP contribution in [-0.4, -0.2) is 43.1 Å². The van der Waals surface area contributed by atoms with Gasteiger partial charge in [0.25, 0.3) is 5.91 Å². The second-order valence-corrected chi connectivity index (χ2v) is 8.97. The second kappa shape index (κ2) is 8.97. The number of anilines is 2. The molecular formula is C22H26BrN3O3. The van der Waals surface area contributed by atoms with Crippen LogP contribution in [-0.2, 0) is 9.63 Å². The SMILES string of the molecule is CC(C)(C)C(=O)ON1CCN(c2ccc(C(=O)Nc3ccc(Br)cc3)cc2)CC1. The van der Waals surface area contributed by atoms with Crippen molar-refractivity contribution in [3.8, 4) is 0 Å².